The average molecular weight is 322 g/mol. The minimum Gasteiger partial charge on any atom is -0.375 e. The first-order chi connectivity index (χ1) is 8.58. The van der Waals surface area contributed by atoms with Gasteiger partial charge in [-0.25, -0.2) is 8.78 Å². The Hall–Kier alpha value is -1.01. The average Bonchev–Trinajstić information content (AvgIpc) is 2.34. The van der Waals surface area contributed by atoms with Gasteiger partial charge in [0.25, 0.3) is 6.43 Å². The molecular weight excluding hydrogens is 308 g/mol. The predicted octanol–water partition coefficient (Wildman–Crippen LogP) is 2.74. The second-order valence-corrected chi connectivity index (χ2v) is 4.53. The Labute approximate surface area is 113 Å². The van der Waals surface area contributed by atoms with Crippen molar-refractivity contribution in [3.05, 3.63) is 34.3 Å². The van der Waals surface area contributed by atoms with Crippen molar-refractivity contribution < 1.29 is 18.3 Å². The van der Waals surface area contributed by atoms with E-state index in [0.29, 0.717) is 6.54 Å². The van der Waals surface area contributed by atoms with E-state index in [1.165, 1.54) is 0 Å². The SMILES string of the molecule is O=C(CCOCC(F)F)NCc1ccc(Br)cc1. The second kappa shape index (κ2) is 8.16. The molecule has 0 spiro atoms. The lowest BCUT2D eigenvalue weighted by Gasteiger charge is -2.06. The Balaban J connectivity index is 2.15. The van der Waals surface area contributed by atoms with E-state index in [1.807, 2.05) is 24.3 Å². The van der Waals surface area contributed by atoms with Gasteiger partial charge in [-0.05, 0) is 17.7 Å². The maximum atomic E-state index is 11.7. The molecule has 0 aromatic heterocycles. The highest BCUT2D eigenvalue weighted by molar-refractivity contribution is 9.10. The predicted molar refractivity (Wildman–Crippen MR) is 67.4 cm³/mol. The molecule has 18 heavy (non-hydrogen) atoms. The van der Waals surface area contributed by atoms with Crippen LogP contribution < -0.4 is 5.32 Å². The first kappa shape index (κ1) is 15.0. The second-order valence-electron chi connectivity index (χ2n) is 3.62. The summed E-state index contributed by atoms with van der Waals surface area (Å²) in [7, 11) is 0. The van der Waals surface area contributed by atoms with Gasteiger partial charge in [0, 0.05) is 17.4 Å². The normalized spacial score (nSPS) is 10.7. The Morgan fingerprint density at radius 1 is 1.33 bits per heavy atom. The highest BCUT2D eigenvalue weighted by atomic mass is 79.9. The van der Waals surface area contributed by atoms with Crippen molar-refractivity contribution in [1.29, 1.82) is 0 Å². The van der Waals surface area contributed by atoms with Crippen LogP contribution in [0.2, 0.25) is 0 Å². The molecule has 0 atom stereocenters. The van der Waals surface area contributed by atoms with Crippen LogP contribution in [0, 0.1) is 0 Å². The van der Waals surface area contributed by atoms with Crippen LogP contribution in [0.4, 0.5) is 8.78 Å². The number of rotatable bonds is 7. The van der Waals surface area contributed by atoms with Crippen LogP contribution in [-0.2, 0) is 16.1 Å². The fraction of sp³-hybridized carbons (Fsp3) is 0.417. The number of nitrogens with one attached hydrogen (secondary N) is 1. The van der Waals surface area contributed by atoms with Gasteiger partial charge in [-0.15, -0.1) is 0 Å². The first-order valence-electron chi connectivity index (χ1n) is 5.45. The van der Waals surface area contributed by atoms with Crippen LogP contribution in [-0.4, -0.2) is 25.5 Å². The summed E-state index contributed by atoms with van der Waals surface area (Å²) in [5, 5.41) is 2.68. The van der Waals surface area contributed by atoms with Crippen molar-refractivity contribution in [1.82, 2.24) is 5.32 Å². The number of hydrogen-bond acceptors (Lipinski definition) is 2. The molecule has 3 nitrogen and oxygen atoms in total. The maximum Gasteiger partial charge on any atom is 0.261 e. The number of ether oxygens (including phenoxy) is 1. The summed E-state index contributed by atoms with van der Waals surface area (Å²) in [5.41, 5.74) is 0.972. The van der Waals surface area contributed by atoms with Crippen molar-refractivity contribution in [2.45, 2.75) is 19.4 Å². The molecule has 1 rings (SSSR count). The molecule has 1 N–H and O–H groups in total. The van der Waals surface area contributed by atoms with Crippen molar-refractivity contribution >= 4 is 21.8 Å². The van der Waals surface area contributed by atoms with E-state index in [4.69, 9.17) is 0 Å². The van der Waals surface area contributed by atoms with Gasteiger partial charge in [0.1, 0.15) is 6.61 Å². The zero-order chi connectivity index (χ0) is 13.4. The number of carbonyl (C=O) groups is 1. The van der Waals surface area contributed by atoms with E-state index < -0.39 is 13.0 Å². The maximum absolute atomic E-state index is 11.7. The summed E-state index contributed by atoms with van der Waals surface area (Å²) in [6, 6.07) is 7.54. The van der Waals surface area contributed by atoms with E-state index in [9.17, 15) is 13.6 Å². The Morgan fingerprint density at radius 2 is 2.00 bits per heavy atom. The fourth-order valence-corrected chi connectivity index (χ4v) is 1.49. The lowest BCUT2D eigenvalue weighted by atomic mass is 10.2. The molecule has 0 unspecified atom stereocenters. The Kier molecular flexibility index (Phi) is 6.82. The number of halogens is 3. The number of carbonyl (C=O) groups excluding carboxylic acids is 1. The summed E-state index contributed by atoms with van der Waals surface area (Å²) in [4.78, 5) is 11.3. The van der Waals surface area contributed by atoms with E-state index >= 15 is 0 Å². The summed E-state index contributed by atoms with van der Waals surface area (Å²) in [5.74, 6) is -0.216. The van der Waals surface area contributed by atoms with Crippen molar-refractivity contribution in [2.75, 3.05) is 13.2 Å². The van der Waals surface area contributed by atoms with Crippen molar-refractivity contribution in [3.63, 3.8) is 0 Å². The molecule has 1 amide bonds. The van der Waals surface area contributed by atoms with Crippen LogP contribution in [0.1, 0.15) is 12.0 Å². The molecule has 0 saturated carbocycles. The minimum atomic E-state index is -2.49. The van der Waals surface area contributed by atoms with Crippen LogP contribution in [0.5, 0.6) is 0 Å². The smallest absolute Gasteiger partial charge is 0.261 e. The molecule has 0 heterocycles. The molecule has 1 aromatic rings. The molecule has 0 radical (unpaired) electrons. The number of benzene rings is 1. The van der Waals surface area contributed by atoms with Gasteiger partial charge >= 0.3 is 0 Å². The van der Waals surface area contributed by atoms with Gasteiger partial charge in [-0.2, -0.15) is 0 Å². The first-order valence-corrected chi connectivity index (χ1v) is 6.24. The third kappa shape index (κ3) is 6.66. The Morgan fingerprint density at radius 3 is 2.61 bits per heavy atom. The van der Waals surface area contributed by atoms with Gasteiger partial charge < -0.3 is 10.1 Å². The molecule has 0 aliphatic carbocycles. The van der Waals surface area contributed by atoms with Crippen LogP contribution in [0.15, 0.2) is 28.7 Å². The van der Waals surface area contributed by atoms with Gasteiger partial charge in [0.05, 0.1) is 6.61 Å². The molecule has 0 bridgehead atoms. The lowest BCUT2D eigenvalue weighted by molar-refractivity contribution is -0.122. The largest absolute Gasteiger partial charge is 0.375 e. The third-order valence-corrected chi connectivity index (χ3v) is 2.65. The van der Waals surface area contributed by atoms with Gasteiger partial charge in [0.2, 0.25) is 5.91 Å². The van der Waals surface area contributed by atoms with Gasteiger partial charge in [-0.1, -0.05) is 28.1 Å². The number of alkyl halides is 2. The molecule has 100 valence electrons. The molecule has 1 aromatic carbocycles. The third-order valence-electron chi connectivity index (χ3n) is 2.12. The molecule has 6 heteroatoms. The molecule has 0 aliphatic heterocycles. The van der Waals surface area contributed by atoms with E-state index in [1.54, 1.807) is 0 Å². The van der Waals surface area contributed by atoms with Crippen LogP contribution in [0.3, 0.4) is 0 Å². The summed E-state index contributed by atoms with van der Waals surface area (Å²) in [6.45, 7) is -0.197. The van der Waals surface area contributed by atoms with Gasteiger partial charge in [-0.3, -0.25) is 4.79 Å². The van der Waals surface area contributed by atoms with E-state index in [0.717, 1.165) is 10.0 Å². The topological polar surface area (TPSA) is 38.3 Å². The quantitative estimate of drug-likeness (QED) is 0.784. The van der Waals surface area contributed by atoms with Crippen LogP contribution >= 0.6 is 15.9 Å². The number of hydrogen-bond donors (Lipinski definition) is 1. The van der Waals surface area contributed by atoms with Crippen LogP contribution in [0.25, 0.3) is 0 Å². The molecule has 0 saturated heterocycles. The highest BCUT2D eigenvalue weighted by Gasteiger charge is 2.04. The zero-order valence-corrected chi connectivity index (χ0v) is 11.3. The number of amides is 1. The summed E-state index contributed by atoms with van der Waals surface area (Å²) >= 11 is 3.31. The van der Waals surface area contributed by atoms with Gasteiger partial charge in [0.15, 0.2) is 0 Å². The van der Waals surface area contributed by atoms with E-state index in [-0.39, 0.29) is 18.9 Å². The van der Waals surface area contributed by atoms with E-state index in [2.05, 4.69) is 26.0 Å². The lowest BCUT2D eigenvalue weighted by Crippen LogP contribution is -2.24. The van der Waals surface area contributed by atoms with Crippen molar-refractivity contribution in [2.24, 2.45) is 0 Å². The highest BCUT2D eigenvalue weighted by Crippen LogP contribution is 2.10. The summed E-state index contributed by atoms with van der Waals surface area (Å²) < 4.78 is 29.1. The molecule has 0 fully saturated rings. The zero-order valence-electron chi connectivity index (χ0n) is 9.67. The Bertz CT molecular complexity index is 371. The van der Waals surface area contributed by atoms with Crippen molar-refractivity contribution in [3.8, 4) is 0 Å². The standard InChI is InChI=1S/C12H14BrF2NO2/c13-10-3-1-9(2-4-10)7-16-12(17)5-6-18-8-11(14)15/h1-4,11H,5-8H2,(H,16,17). The fourth-order valence-electron chi connectivity index (χ4n) is 1.23. The summed E-state index contributed by atoms with van der Waals surface area (Å²) in [6.07, 6.45) is -2.40. The minimum absolute atomic E-state index is 0.0104. The molecular formula is C12H14BrF2NO2. The monoisotopic (exact) mass is 321 g/mol. The molecule has 0 aliphatic rings.